The summed E-state index contributed by atoms with van der Waals surface area (Å²) in [6, 6.07) is 16.8. The minimum Gasteiger partial charge on any atom is -0.455 e. The maximum atomic E-state index is 13.1. The summed E-state index contributed by atoms with van der Waals surface area (Å²) in [5.74, 6) is 0.999. The number of fused-ring (bicyclic) bond motifs is 1. The van der Waals surface area contributed by atoms with Crippen LogP contribution in [0.2, 0.25) is 0 Å². The second kappa shape index (κ2) is 9.08. The highest BCUT2D eigenvalue weighted by Crippen LogP contribution is 2.33. The van der Waals surface area contributed by atoms with Gasteiger partial charge in [-0.2, -0.15) is 10.2 Å². The van der Waals surface area contributed by atoms with E-state index in [4.69, 9.17) is 8.83 Å². The molecule has 168 valence electrons. The molecule has 0 spiro atoms. The second-order valence-corrected chi connectivity index (χ2v) is 7.82. The molecule has 34 heavy (non-hydrogen) atoms. The minimum absolute atomic E-state index is 0.119. The molecule has 0 aliphatic carbocycles. The number of anilines is 1. The van der Waals surface area contributed by atoms with Gasteiger partial charge in [0, 0.05) is 36.6 Å². The molecule has 0 aliphatic rings. The summed E-state index contributed by atoms with van der Waals surface area (Å²) in [7, 11) is 0. The molecular formula is C26H21N5O3. The third kappa shape index (κ3) is 3.95. The molecule has 5 aromatic rings. The van der Waals surface area contributed by atoms with Crippen LogP contribution in [0.15, 0.2) is 80.9 Å². The Kier molecular flexibility index (Phi) is 5.67. The quantitative estimate of drug-likeness (QED) is 0.347. The van der Waals surface area contributed by atoms with E-state index in [1.165, 1.54) is 0 Å². The number of nitrogens with zero attached hydrogens (tertiary/aromatic N) is 4. The summed E-state index contributed by atoms with van der Waals surface area (Å²) in [5.41, 5.74) is 2.24. The number of nitrogens with one attached hydrogen (secondary N) is 1. The predicted octanol–water partition coefficient (Wildman–Crippen LogP) is 4.99. The Hall–Kier alpha value is -4.64. The average Bonchev–Trinajstić information content (AvgIpc) is 3.54. The zero-order chi connectivity index (χ0) is 23.5. The molecule has 0 amide bonds. The van der Waals surface area contributed by atoms with Crippen LogP contribution in [0.25, 0.3) is 33.7 Å². The van der Waals surface area contributed by atoms with Crippen LogP contribution < -0.4 is 10.7 Å². The largest absolute Gasteiger partial charge is 0.455 e. The monoisotopic (exact) mass is 451 g/mol. The van der Waals surface area contributed by atoms with Crippen LogP contribution in [0.1, 0.15) is 17.7 Å². The highest BCUT2D eigenvalue weighted by molar-refractivity contribution is 5.91. The van der Waals surface area contributed by atoms with Crippen molar-refractivity contribution in [2.75, 3.05) is 11.9 Å². The molecule has 0 fully saturated rings. The highest BCUT2D eigenvalue weighted by atomic mass is 16.4. The zero-order valence-corrected chi connectivity index (χ0v) is 18.5. The lowest BCUT2D eigenvalue weighted by Crippen LogP contribution is -2.07. The van der Waals surface area contributed by atoms with Crippen molar-refractivity contribution in [2.24, 2.45) is 0 Å². The van der Waals surface area contributed by atoms with E-state index in [2.05, 4.69) is 21.4 Å². The molecule has 3 aromatic heterocycles. The average molecular weight is 451 g/mol. The summed E-state index contributed by atoms with van der Waals surface area (Å²) >= 11 is 0. The lowest BCUT2D eigenvalue weighted by Gasteiger charge is -2.09. The molecule has 0 bridgehead atoms. The molecule has 2 aromatic carbocycles. The van der Waals surface area contributed by atoms with Crippen molar-refractivity contribution in [3.8, 4) is 28.8 Å². The molecular weight excluding hydrogens is 430 g/mol. The fraction of sp³-hybridized carbons (Fsp3) is 0.154. The maximum Gasteiger partial charge on any atom is 0.233 e. The topological polar surface area (TPSA) is 110 Å². The van der Waals surface area contributed by atoms with Gasteiger partial charge in [0.15, 0.2) is 11.0 Å². The van der Waals surface area contributed by atoms with Gasteiger partial charge in [-0.25, -0.2) is 4.98 Å². The molecule has 0 saturated heterocycles. The fourth-order valence-corrected chi connectivity index (χ4v) is 3.86. The van der Waals surface area contributed by atoms with Crippen LogP contribution in [-0.4, -0.2) is 21.1 Å². The maximum absolute atomic E-state index is 13.1. The fourth-order valence-electron chi connectivity index (χ4n) is 3.86. The Morgan fingerprint density at radius 2 is 1.97 bits per heavy atom. The van der Waals surface area contributed by atoms with E-state index in [1.807, 2.05) is 41.1 Å². The normalized spacial score (nSPS) is 10.9. The molecule has 1 N–H and O–H groups in total. The van der Waals surface area contributed by atoms with Crippen LogP contribution in [0.3, 0.4) is 0 Å². The molecule has 0 aliphatic heterocycles. The van der Waals surface area contributed by atoms with Crippen LogP contribution >= 0.6 is 0 Å². The summed E-state index contributed by atoms with van der Waals surface area (Å²) in [6.45, 7) is 3.13. The van der Waals surface area contributed by atoms with E-state index in [-0.39, 0.29) is 22.9 Å². The predicted molar refractivity (Wildman–Crippen MR) is 128 cm³/mol. The van der Waals surface area contributed by atoms with Gasteiger partial charge in [0.1, 0.15) is 11.8 Å². The van der Waals surface area contributed by atoms with E-state index in [9.17, 15) is 10.1 Å². The first-order valence-corrected chi connectivity index (χ1v) is 10.9. The van der Waals surface area contributed by atoms with Gasteiger partial charge in [0.05, 0.1) is 17.3 Å². The number of benzene rings is 2. The first kappa shape index (κ1) is 21.2. The second-order valence-electron chi connectivity index (χ2n) is 7.82. The number of nitriles is 1. The summed E-state index contributed by atoms with van der Waals surface area (Å²) in [5, 5.41) is 13.2. The van der Waals surface area contributed by atoms with E-state index in [1.54, 1.807) is 37.6 Å². The van der Waals surface area contributed by atoms with E-state index < -0.39 is 0 Å². The SMILES string of the molecule is Cc1c(-c2ccccc2)oc2c(-c3nc(C#N)c(NCCCn4ccnc4)o3)cccc2c1=O. The number of aromatic nitrogens is 3. The number of rotatable bonds is 7. The van der Waals surface area contributed by atoms with Gasteiger partial charge in [-0.1, -0.05) is 36.4 Å². The summed E-state index contributed by atoms with van der Waals surface area (Å²) in [4.78, 5) is 21.5. The van der Waals surface area contributed by atoms with Crippen molar-refractivity contribution < 1.29 is 8.83 Å². The number of oxazole rings is 1. The smallest absolute Gasteiger partial charge is 0.233 e. The van der Waals surface area contributed by atoms with Crippen LogP contribution in [0.4, 0.5) is 5.88 Å². The Bertz CT molecular complexity index is 1540. The molecule has 3 heterocycles. The third-order valence-electron chi connectivity index (χ3n) is 5.58. The molecule has 8 nitrogen and oxygen atoms in total. The van der Waals surface area contributed by atoms with Gasteiger partial charge in [-0.05, 0) is 25.5 Å². The molecule has 0 unspecified atom stereocenters. The van der Waals surface area contributed by atoms with Gasteiger partial charge in [-0.3, -0.25) is 4.79 Å². The summed E-state index contributed by atoms with van der Waals surface area (Å²) in [6.07, 6.45) is 6.19. The van der Waals surface area contributed by atoms with Crippen LogP contribution in [0, 0.1) is 18.3 Å². The molecule has 5 rings (SSSR count). The van der Waals surface area contributed by atoms with Crippen LogP contribution in [0.5, 0.6) is 0 Å². The van der Waals surface area contributed by atoms with Gasteiger partial charge >= 0.3 is 0 Å². The Morgan fingerprint density at radius 3 is 2.74 bits per heavy atom. The Labute approximate surface area is 195 Å². The first-order chi connectivity index (χ1) is 16.7. The van der Waals surface area contributed by atoms with Gasteiger partial charge in [-0.15, -0.1) is 0 Å². The zero-order valence-electron chi connectivity index (χ0n) is 18.5. The standard InChI is InChI=1S/C26H21N5O3/c1-17-22(32)19-9-5-10-20(24(19)33-23(17)18-7-3-2-4-8-18)25-30-21(15-27)26(34-25)29-11-6-13-31-14-12-28-16-31/h2-5,7-10,12,14,16,29H,6,11,13H2,1H3. The molecule has 0 radical (unpaired) electrons. The van der Waals surface area contributed by atoms with Crippen molar-refractivity contribution in [1.29, 1.82) is 5.26 Å². The van der Waals surface area contributed by atoms with E-state index in [0.717, 1.165) is 18.5 Å². The van der Waals surface area contributed by atoms with Crippen molar-refractivity contribution in [1.82, 2.24) is 14.5 Å². The molecule has 0 atom stereocenters. The van der Waals surface area contributed by atoms with Crippen molar-refractivity contribution >= 4 is 16.9 Å². The lowest BCUT2D eigenvalue weighted by molar-refractivity contribution is 0.573. The number of para-hydroxylation sites is 1. The third-order valence-corrected chi connectivity index (χ3v) is 5.58. The number of hydrogen-bond acceptors (Lipinski definition) is 7. The van der Waals surface area contributed by atoms with E-state index in [0.29, 0.717) is 34.4 Å². The summed E-state index contributed by atoms with van der Waals surface area (Å²) < 4.78 is 14.2. The Balaban J connectivity index is 1.51. The lowest BCUT2D eigenvalue weighted by atomic mass is 10.0. The number of hydrogen-bond donors (Lipinski definition) is 1. The molecule has 0 saturated carbocycles. The van der Waals surface area contributed by atoms with Crippen molar-refractivity contribution in [3.63, 3.8) is 0 Å². The van der Waals surface area contributed by atoms with Crippen molar-refractivity contribution in [2.45, 2.75) is 19.9 Å². The highest BCUT2D eigenvalue weighted by Gasteiger charge is 2.20. The first-order valence-electron chi connectivity index (χ1n) is 10.9. The van der Waals surface area contributed by atoms with Gasteiger partial charge < -0.3 is 18.7 Å². The van der Waals surface area contributed by atoms with Gasteiger partial charge in [0.2, 0.25) is 17.5 Å². The minimum atomic E-state index is -0.119. The molecule has 8 heteroatoms. The van der Waals surface area contributed by atoms with E-state index >= 15 is 0 Å². The van der Waals surface area contributed by atoms with Gasteiger partial charge in [0.25, 0.3) is 0 Å². The van der Waals surface area contributed by atoms with Crippen molar-refractivity contribution in [3.05, 3.63) is 88.7 Å². The van der Waals surface area contributed by atoms with Crippen LogP contribution in [-0.2, 0) is 6.54 Å². The number of imidazole rings is 1. The Morgan fingerprint density at radius 1 is 1.12 bits per heavy atom. The number of aryl methyl sites for hydroxylation is 1.